The Kier molecular flexibility index (Phi) is 6.66. The first kappa shape index (κ1) is 15.8. The van der Waals surface area contributed by atoms with Crippen molar-refractivity contribution >= 4 is 11.9 Å². The van der Waals surface area contributed by atoms with Crippen LogP contribution in [0.4, 0.5) is 0 Å². The first-order valence-electron chi connectivity index (χ1n) is 5.09. The molecule has 0 heterocycles. The molecule has 0 aromatic rings. The Labute approximate surface area is 97.9 Å². The van der Waals surface area contributed by atoms with Crippen LogP contribution < -0.4 is 0 Å². The third-order valence-corrected chi connectivity index (χ3v) is 2.65. The van der Waals surface area contributed by atoms with E-state index in [0.29, 0.717) is 0 Å². The highest BCUT2D eigenvalue weighted by Gasteiger charge is 2.46. The van der Waals surface area contributed by atoms with Crippen LogP contribution in [0, 0.1) is 0 Å². The van der Waals surface area contributed by atoms with Crippen molar-refractivity contribution in [3.8, 4) is 0 Å². The molecule has 8 nitrogen and oxygen atoms in total. The van der Waals surface area contributed by atoms with Crippen molar-refractivity contribution in [1.82, 2.24) is 0 Å². The average molecular weight is 252 g/mol. The van der Waals surface area contributed by atoms with Gasteiger partial charge in [0.25, 0.3) is 6.04 Å². The van der Waals surface area contributed by atoms with E-state index < -0.39 is 42.3 Å². The molecule has 17 heavy (non-hydrogen) atoms. The van der Waals surface area contributed by atoms with E-state index in [9.17, 15) is 9.59 Å². The highest BCUT2D eigenvalue weighted by molar-refractivity contribution is 5.95. The quantitative estimate of drug-likeness (QED) is 0.223. The van der Waals surface area contributed by atoms with Crippen LogP contribution in [0.5, 0.6) is 0 Å². The number of hydrogen-bond acceptors (Lipinski definition) is 5. The molecule has 0 aromatic heterocycles. The fourth-order valence-corrected chi connectivity index (χ4v) is 1.89. The second-order valence-corrected chi connectivity index (χ2v) is 3.64. The van der Waals surface area contributed by atoms with Gasteiger partial charge in [0.15, 0.2) is 0 Å². The predicted molar refractivity (Wildman–Crippen MR) is 55.2 cm³/mol. The number of nitrogens with zero attached hydrogens (tertiary/aromatic N) is 1. The average Bonchev–Trinajstić information content (AvgIpc) is 2.17. The van der Waals surface area contributed by atoms with Crippen LogP contribution in [-0.4, -0.2) is 87.5 Å². The molecule has 0 saturated carbocycles. The van der Waals surface area contributed by atoms with E-state index in [4.69, 9.17) is 25.5 Å². The first-order valence-corrected chi connectivity index (χ1v) is 5.09. The lowest BCUT2D eigenvalue weighted by Gasteiger charge is -2.39. The largest absolute Gasteiger partial charge is 0.476 e. The van der Waals surface area contributed by atoms with Gasteiger partial charge in [0.1, 0.15) is 19.6 Å². The Morgan fingerprint density at radius 2 is 1.12 bits per heavy atom. The molecule has 8 heteroatoms. The van der Waals surface area contributed by atoms with Gasteiger partial charge in [0, 0.05) is 0 Å². The van der Waals surface area contributed by atoms with Crippen LogP contribution in [0.3, 0.4) is 0 Å². The SMILES string of the molecule is O=C(O)C(C(=O)O)[N+](CCO)(CCO)CCO. The highest BCUT2D eigenvalue weighted by Crippen LogP contribution is 2.14. The molecule has 0 aliphatic heterocycles. The van der Waals surface area contributed by atoms with Crippen LogP contribution in [0.2, 0.25) is 0 Å². The Morgan fingerprint density at radius 1 is 0.824 bits per heavy atom. The van der Waals surface area contributed by atoms with Crippen molar-refractivity contribution in [3.63, 3.8) is 0 Å². The summed E-state index contributed by atoms with van der Waals surface area (Å²) in [6.45, 7) is -1.79. The van der Waals surface area contributed by atoms with Gasteiger partial charge >= 0.3 is 11.9 Å². The Bertz CT molecular complexity index is 237. The van der Waals surface area contributed by atoms with Gasteiger partial charge in [0.05, 0.1) is 19.8 Å². The molecule has 0 unspecified atom stereocenters. The molecular weight excluding hydrogens is 234 g/mol. The molecular formula is C9H18NO7+. The maximum Gasteiger partial charge on any atom is 0.374 e. The smallest absolute Gasteiger partial charge is 0.374 e. The first-order chi connectivity index (χ1) is 7.95. The Morgan fingerprint density at radius 3 is 1.29 bits per heavy atom. The van der Waals surface area contributed by atoms with Crippen molar-refractivity contribution < 1.29 is 39.6 Å². The second-order valence-electron chi connectivity index (χ2n) is 3.64. The monoisotopic (exact) mass is 252 g/mol. The van der Waals surface area contributed by atoms with E-state index in [1.165, 1.54) is 0 Å². The van der Waals surface area contributed by atoms with Crippen molar-refractivity contribution in [3.05, 3.63) is 0 Å². The van der Waals surface area contributed by atoms with Crippen molar-refractivity contribution in [2.45, 2.75) is 6.04 Å². The zero-order valence-corrected chi connectivity index (χ0v) is 9.32. The van der Waals surface area contributed by atoms with Crippen LogP contribution in [-0.2, 0) is 9.59 Å². The normalized spacial score (nSPS) is 11.8. The van der Waals surface area contributed by atoms with E-state index in [2.05, 4.69) is 0 Å². The van der Waals surface area contributed by atoms with Gasteiger partial charge in [-0.1, -0.05) is 0 Å². The zero-order chi connectivity index (χ0) is 13.5. The minimum Gasteiger partial charge on any atom is -0.476 e. The molecule has 0 spiro atoms. The fraction of sp³-hybridized carbons (Fsp3) is 0.778. The van der Waals surface area contributed by atoms with Gasteiger partial charge in [-0.05, 0) is 0 Å². The van der Waals surface area contributed by atoms with Gasteiger partial charge in [-0.25, -0.2) is 9.59 Å². The molecule has 0 fully saturated rings. The lowest BCUT2D eigenvalue weighted by molar-refractivity contribution is -0.936. The number of aliphatic carboxylic acids is 2. The van der Waals surface area contributed by atoms with Gasteiger partial charge < -0.3 is 25.5 Å². The van der Waals surface area contributed by atoms with E-state index in [-0.39, 0.29) is 19.6 Å². The maximum atomic E-state index is 11.0. The molecule has 5 N–H and O–H groups in total. The predicted octanol–water partition coefficient (Wildman–Crippen LogP) is -2.68. The van der Waals surface area contributed by atoms with Crippen molar-refractivity contribution in [2.24, 2.45) is 0 Å². The summed E-state index contributed by atoms with van der Waals surface area (Å²) >= 11 is 0. The molecule has 0 saturated heterocycles. The molecule has 100 valence electrons. The van der Waals surface area contributed by atoms with E-state index in [1.54, 1.807) is 0 Å². The topological polar surface area (TPSA) is 135 Å². The van der Waals surface area contributed by atoms with Gasteiger partial charge in [-0.2, -0.15) is 0 Å². The summed E-state index contributed by atoms with van der Waals surface area (Å²) in [5.41, 5.74) is 0. The molecule has 0 aliphatic rings. The van der Waals surface area contributed by atoms with Crippen molar-refractivity contribution in [1.29, 1.82) is 0 Å². The number of carboxylic acid groups (broad SMARTS) is 2. The summed E-state index contributed by atoms with van der Waals surface area (Å²) in [4.78, 5) is 21.9. The minimum atomic E-state index is -1.82. The van der Waals surface area contributed by atoms with Gasteiger partial charge in [0.2, 0.25) is 0 Å². The standard InChI is InChI=1S/C9H17NO7/c11-4-1-10(2-5-12,3-6-13)7(8(14)15)9(16)17/h7,11-13H,1-6H2,(H-,14,15,16,17)/p+1. The zero-order valence-electron chi connectivity index (χ0n) is 9.32. The molecule has 0 amide bonds. The summed E-state index contributed by atoms with van der Waals surface area (Å²) in [6.07, 6.45) is 0. The number of hydrogen-bond donors (Lipinski definition) is 5. The summed E-state index contributed by atoms with van der Waals surface area (Å²) in [5.74, 6) is -3.12. The van der Waals surface area contributed by atoms with Crippen LogP contribution in [0.1, 0.15) is 0 Å². The number of carbonyl (C=O) groups is 2. The highest BCUT2D eigenvalue weighted by atomic mass is 16.4. The molecule has 0 atom stereocenters. The Hall–Kier alpha value is -1.22. The molecule has 0 bridgehead atoms. The minimum absolute atomic E-state index is 0.162. The third-order valence-electron chi connectivity index (χ3n) is 2.65. The van der Waals surface area contributed by atoms with Gasteiger partial charge in [-0.15, -0.1) is 0 Å². The van der Waals surface area contributed by atoms with Crippen LogP contribution in [0.15, 0.2) is 0 Å². The summed E-state index contributed by atoms with van der Waals surface area (Å²) in [7, 11) is 0. The van der Waals surface area contributed by atoms with Crippen molar-refractivity contribution in [2.75, 3.05) is 39.5 Å². The summed E-state index contributed by atoms with van der Waals surface area (Å²) in [5, 5.41) is 44.5. The second kappa shape index (κ2) is 7.17. The number of aliphatic hydroxyl groups excluding tert-OH is 3. The van der Waals surface area contributed by atoms with E-state index in [0.717, 1.165) is 0 Å². The maximum absolute atomic E-state index is 11.0. The molecule has 0 aromatic carbocycles. The number of aliphatic hydroxyl groups is 3. The van der Waals surface area contributed by atoms with E-state index >= 15 is 0 Å². The van der Waals surface area contributed by atoms with Crippen LogP contribution >= 0.6 is 0 Å². The number of quaternary nitrogens is 1. The molecule has 0 rings (SSSR count). The lowest BCUT2D eigenvalue weighted by Crippen LogP contribution is -2.65. The van der Waals surface area contributed by atoms with E-state index in [1.807, 2.05) is 0 Å². The number of rotatable bonds is 9. The fourth-order valence-electron chi connectivity index (χ4n) is 1.89. The van der Waals surface area contributed by atoms with Gasteiger partial charge in [-0.3, -0.25) is 4.48 Å². The van der Waals surface area contributed by atoms with Crippen LogP contribution in [0.25, 0.3) is 0 Å². The Balaban J connectivity index is 5.32. The third kappa shape index (κ3) is 3.93. The number of carboxylic acids is 2. The molecule has 0 aliphatic carbocycles. The lowest BCUT2D eigenvalue weighted by atomic mass is 10.1. The summed E-state index contributed by atoms with van der Waals surface area (Å²) in [6, 6.07) is -1.82. The molecule has 0 radical (unpaired) electrons. The summed E-state index contributed by atoms with van der Waals surface area (Å²) < 4.78 is -0.589.